The number of alkyl halides is 2. The molecule has 3 aromatic rings. The molecule has 32 heavy (non-hydrogen) atoms. The summed E-state index contributed by atoms with van der Waals surface area (Å²) < 4.78 is 35.7. The third kappa shape index (κ3) is 3.65. The zero-order valence-electron chi connectivity index (χ0n) is 17.5. The molecule has 1 heterocycles. The minimum Gasteiger partial charge on any atom is -0.395 e. The van der Waals surface area contributed by atoms with Gasteiger partial charge in [0.05, 0.1) is 12.0 Å². The molecule has 0 atom stereocenters. The van der Waals surface area contributed by atoms with Crippen molar-refractivity contribution in [3.05, 3.63) is 82.9 Å². The first kappa shape index (κ1) is 20.6. The lowest BCUT2D eigenvalue weighted by Crippen LogP contribution is -2.26. The van der Waals surface area contributed by atoms with Crippen molar-refractivity contribution in [1.29, 1.82) is 0 Å². The largest absolute Gasteiger partial charge is 0.586 e. The molecule has 4 nitrogen and oxygen atoms in total. The number of Topliss-reactive ketones (excluding diaryl/α,β-unsaturated/α-hetero) is 1. The Kier molecular flexibility index (Phi) is 4.78. The minimum absolute atomic E-state index is 0. The molecule has 0 radical (unpaired) electrons. The lowest BCUT2D eigenvalue weighted by molar-refractivity contribution is -0.286. The lowest BCUT2D eigenvalue weighted by Gasteiger charge is -2.16. The van der Waals surface area contributed by atoms with Crippen LogP contribution in [0.2, 0.25) is 0 Å². The van der Waals surface area contributed by atoms with E-state index < -0.39 is 11.7 Å². The summed E-state index contributed by atoms with van der Waals surface area (Å²) in [5.74, 6) is 0.0153. The van der Waals surface area contributed by atoms with Crippen LogP contribution in [0, 0.1) is 6.92 Å². The summed E-state index contributed by atoms with van der Waals surface area (Å²) in [4.78, 5) is 13.3. The number of carbonyl (C=O) groups is 1. The maximum atomic E-state index is 13.4. The summed E-state index contributed by atoms with van der Waals surface area (Å²) >= 11 is 0. The van der Waals surface area contributed by atoms with Gasteiger partial charge in [-0.1, -0.05) is 48.5 Å². The van der Waals surface area contributed by atoms with Gasteiger partial charge in [-0.05, 0) is 65.3 Å². The first-order valence-electron chi connectivity index (χ1n) is 10.5. The molecule has 0 amide bonds. The highest BCUT2D eigenvalue weighted by molar-refractivity contribution is 5.95. The summed E-state index contributed by atoms with van der Waals surface area (Å²) in [6, 6.07) is 18.3. The van der Waals surface area contributed by atoms with Crippen LogP contribution in [0.3, 0.4) is 0 Å². The van der Waals surface area contributed by atoms with Crippen LogP contribution in [-0.2, 0) is 23.2 Å². The van der Waals surface area contributed by atoms with Crippen molar-refractivity contribution in [2.24, 2.45) is 0 Å². The number of fused-ring (bicyclic) bond motifs is 1. The Morgan fingerprint density at radius 2 is 1.66 bits per heavy atom. The highest BCUT2D eigenvalue weighted by Crippen LogP contribution is 2.52. The molecule has 5 rings (SSSR count). The van der Waals surface area contributed by atoms with E-state index in [-0.39, 0.29) is 31.7 Å². The van der Waals surface area contributed by atoms with Gasteiger partial charge in [0.15, 0.2) is 11.5 Å². The van der Waals surface area contributed by atoms with Crippen molar-refractivity contribution in [3.63, 3.8) is 0 Å². The normalized spacial score (nSPS) is 17.2. The van der Waals surface area contributed by atoms with Gasteiger partial charge in [0.25, 0.3) is 0 Å². The topological polar surface area (TPSA) is 55.8 Å². The lowest BCUT2D eigenvalue weighted by atomic mass is 9.87. The molecule has 1 saturated carbocycles. The smallest absolute Gasteiger partial charge is 0.395 e. The average molecular weight is 438 g/mol. The zero-order chi connectivity index (χ0) is 22.5. The quantitative estimate of drug-likeness (QED) is 0.547. The van der Waals surface area contributed by atoms with Crippen LogP contribution in [0.4, 0.5) is 8.78 Å². The van der Waals surface area contributed by atoms with Crippen molar-refractivity contribution in [1.82, 2.24) is 0 Å². The first-order valence-corrected chi connectivity index (χ1v) is 10.5. The second-order valence-electron chi connectivity index (χ2n) is 8.52. The monoisotopic (exact) mass is 438 g/mol. The van der Waals surface area contributed by atoms with Crippen LogP contribution >= 0.6 is 0 Å². The van der Waals surface area contributed by atoms with Gasteiger partial charge in [-0.25, -0.2) is 0 Å². The van der Waals surface area contributed by atoms with Crippen LogP contribution in [0.25, 0.3) is 11.1 Å². The van der Waals surface area contributed by atoms with Crippen LogP contribution in [-0.4, -0.2) is 17.2 Å². The van der Waals surface area contributed by atoms with Gasteiger partial charge >= 0.3 is 6.29 Å². The fraction of sp³-hybridized carbons (Fsp3) is 0.269. The molecule has 0 aromatic heterocycles. The highest BCUT2D eigenvalue weighted by atomic mass is 19.3. The number of aliphatic hydroxyl groups excluding tert-OH is 1. The molecule has 6 heteroatoms. The Morgan fingerprint density at radius 3 is 2.34 bits per heavy atom. The summed E-state index contributed by atoms with van der Waals surface area (Å²) in [5, 5.41) is 9.26. The maximum Gasteiger partial charge on any atom is 0.586 e. The molecule has 0 spiro atoms. The van der Waals surface area contributed by atoms with Gasteiger partial charge in [0, 0.05) is 7.85 Å². The van der Waals surface area contributed by atoms with Crippen LogP contribution in [0.15, 0.2) is 60.7 Å². The van der Waals surface area contributed by atoms with Crippen molar-refractivity contribution >= 4 is 5.78 Å². The molecule has 1 N–H and O–H groups in total. The molecule has 0 unspecified atom stereocenters. The summed E-state index contributed by atoms with van der Waals surface area (Å²) in [5.41, 5.74) is 4.92. The molecule has 1 fully saturated rings. The highest BCUT2D eigenvalue weighted by Gasteiger charge is 2.52. The van der Waals surface area contributed by atoms with E-state index in [1.165, 1.54) is 12.1 Å². The first-order chi connectivity index (χ1) is 15.3. The van der Waals surface area contributed by atoms with Gasteiger partial charge in [0.1, 0.15) is 5.78 Å². The Hall–Kier alpha value is -3.25. The van der Waals surface area contributed by atoms with E-state index in [4.69, 9.17) is 0 Å². The molecular weight excluding hydrogens is 414 g/mol. The van der Waals surface area contributed by atoms with E-state index in [2.05, 4.69) is 9.47 Å². The third-order valence-electron chi connectivity index (χ3n) is 6.35. The second kappa shape index (κ2) is 7.41. The summed E-state index contributed by atoms with van der Waals surface area (Å²) in [6.45, 7) is 2.01. The summed E-state index contributed by atoms with van der Waals surface area (Å²) in [7, 11) is 0. The standard InChI is InChI=1S/C26H22F2O4.H2/c1-16-2-3-18(12-21(16)19-6-4-17(15-29)5-7-19)13-24(30)25(10-11-25)20-8-9-22-23(14-20)32-26(27,28)31-22;/h2-9,12,14,29H,10-11,13,15H2,1H3;1H. The fourth-order valence-corrected chi connectivity index (χ4v) is 4.33. The second-order valence-corrected chi connectivity index (χ2v) is 8.52. The number of ketones is 1. The van der Waals surface area contributed by atoms with Crippen LogP contribution in [0.1, 0.15) is 36.5 Å². The molecule has 1 aliphatic heterocycles. The number of ether oxygens (including phenoxy) is 2. The predicted molar refractivity (Wildman–Crippen MR) is 117 cm³/mol. The molecular formula is C26H24F2O4. The Balaban J connectivity index is 0.00000259. The van der Waals surface area contributed by atoms with Gasteiger partial charge in [-0.2, -0.15) is 0 Å². The van der Waals surface area contributed by atoms with E-state index in [0.717, 1.165) is 27.8 Å². The molecule has 2 aliphatic rings. The van der Waals surface area contributed by atoms with Crippen LogP contribution < -0.4 is 9.47 Å². The van der Waals surface area contributed by atoms with Gasteiger partial charge < -0.3 is 14.6 Å². The number of carbonyl (C=O) groups excluding carboxylic acids is 1. The maximum absolute atomic E-state index is 13.4. The van der Waals surface area contributed by atoms with Gasteiger partial charge in [-0.3, -0.25) is 4.79 Å². The fourth-order valence-electron chi connectivity index (χ4n) is 4.33. The Labute approximate surface area is 185 Å². The molecule has 0 saturated heterocycles. The zero-order valence-corrected chi connectivity index (χ0v) is 17.5. The number of hydrogen-bond acceptors (Lipinski definition) is 4. The van der Waals surface area contributed by atoms with Gasteiger partial charge in [0.2, 0.25) is 0 Å². The number of rotatable bonds is 6. The molecule has 1 aliphatic carbocycles. The van der Waals surface area contributed by atoms with E-state index in [1.807, 2.05) is 49.4 Å². The molecule has 166 valence electrons. The van der Waals surface area contributed by atoms with E-state index >= 15 is 0 Å². The molecule has 3 aromatic carbocycles. The number of benzene rings is 3. The van der Waals surface area contributed by atoms with E-state index in [0.29, 0.717) is 18.4 Å². The number of aliphatic hydroxyl groups is 1. The van der Waals surface area contributed by atoms with Crippen molar-refractivity contribution in [3.8, 4) is 22.6 Å². The summed E-state index contributed by atoms with van der Waals surface area (Å²) in [6.07, 6.45) is -2.05. The SMILES string of the molecule is Cc1ccc(CC(=O)C2(c3ccc4c(c3)OC(F)(F)O4)CC2)cc1-c1ccc(CO)cc1.[HH]. The Morgan fingerprint density at radius 1 is 0.969 bits per heavy atom. The van der Waals surface area contributed by atoms with Crippen molar-refractivity contribution in [2.75, 3.05) is 0 Å². The number of aryl methyl sites for hydroxylation is 1. The van der Waals surface area contributed by atoms with E-state index in [1.54, 1.807) is 6.07 Å². The van der Waals surface area contributed by atoms with Crippen molar-refractivity contribution in [2.45, 2.75) is 44.5 Å². The third-order valence-corrected chi connectivity index (χ3v) is 6.35. The van der Waals surface area contributed by atoms with Gasteiger partial charge in [-0.15, -0.1) is 8.78 Å². The molecule has 0 bridgehead atoms. The Bertz CT molecular complexity index is 1200. The van der Waals surface area contributed by atoms with E-state index in [9.17, 15) is 18.7 Å². The van der Waals surface area contributed by atoms with Crippen LogP contribution in [0.5, 0.6) is 11.5 Å². The number of hydrogen-bond donors (Lipinski definition) is 1. The average Bonchev–Trinajstić information content (AvgIpc) is 3.52. The van der Waals surface area contributed by atoms with Crippen molar-refractivity contribution < 1.29 is 29.6 Å². The minimum atomic E-state index is -3.67. The predicted octanol–water partition coefficient (Wildman–Crippen LogP) is 5.57. The number of halogens is 2.